The fraction of sp³-hybridized carbons (Fsp3) is 0.143. The van der Waals surface area contributed by atoms with Gasteiger partial charge in [0.2, 0.25) is 0 Å². The summed E-state index contributed by atoms with van der Waals surface area (Å²) in [5.41, 5.74) is 1.28. The number of anilines is 1. The molecule has 7 heteroatoms. The van der Waals surface area contributed by atoms with Crippen molar-refractivity contribution in [3.63, 3.8) is 0 Å². The third-order valence-electron chi connectivity index (χ3n) is 3.05. The van der Waals surface area contributed by atoms with Gasteiger partial charge in [0.25, 0.3) is 0 Å². The van der Waals surface area contributed by atoms with Crippen molar-refractivity contribution >= 4 is 17.3 Å². The lowest BCUT2D eigenvalue weighted by Gasteiger charge is -2.10. The van der Waals surface area contributed by atoms with Gasteiger partial charge in [0.05, 0.1) is 4.92 Å². The van der Waals surface area contributed by atoms with Crippen LogP contribution >= 0.6 is 0 Å². The molecule has 0 aliphatic rings. The first-order chi connectivity index (χ1) is 10.0. The summed E-state index contributed by atoms with van der Waals surface area (Å²) in [6, 6.07) is 5.97. The SMILES string of the molecule is Cc1cnccc1CNc1cccc(C(=O)O)c1[N+](=O)[O-]. The standard InChI is InChI=1S/C14H13N3O4/c1-9-7-15-6-5-10(9)8-16-12-4-2-3-11(14(18)19)13(12)17(20)21/h2-7,16H,8H2,1H3,(H,18,19). The summed E-state index contributed by atoms with van der Waals surface area (Å²) in [5, 5.41) is 23.1. The number of aromatic nitrogens is 1. The van der Waals surface area contributed by atoms with E-state index >= 15 is 0 Å². The summed E-state index contributed by atoms with van der Waals surface area (Å²) < 4.78 is 0. The van der Waals surface area contributed by atoms with Crippen LogP contribution in [0.25, 0.3) is 0 Å². The Morgan fingerprint density at radius 3 is 2.81 bits per heavy atom. The van der Waals surface area contributed by atoms with Gasteiger partial charge in [-0.3, -0.25) is 15.1 Å². The number of nitro benzene ring substituents is 1. The predicted molar refractivity (Wildman–Crippen MR) is 76.4 cm³/mol. The van der Waals surface area contributed by atoms with Crippen LogP contribution in [0.2, 0.25) is 0 Å². The monoisotopic (exact) mass is 287 g/mol. The van der Waals surface area contributed by atoms with Crippen molar-refractivity contribution < 1.29 is 14.8 Å². The zero-order valence-corrected chi connectivity index (χ0v) is 11.2. The summed E-state index contributed by atoms with van der Waals surface area (Å²) >= 11 is 0. The molecule has 0 unspecified atom stereocenters. The number of hydrogen-bond acceptors (Lipinski definition) is 5. The van der Waals surface area contributed by atoms with Crippen LogP contribution in [0.4, 0.5) is 11.4 Å². The van der Waals surface area contributed by atoms with Gasteiger partial charge in [0.15, 0.2) is 0 Å². The third-order valence-corrected chi connectivity index (χ3v) is 3.05. The molecule has 2 aromatic rings. The molecule has 2 rings (SSSR count). The molecule has 1 aromatic heterocycles. The topological polar surface area (TPSA) is 105 Å². The maximum absolute atomic E-state index is 11.1. The number of pyridine rings is 1. The average Bonchev–Trinajstić information content (AvgIpc) is 2.45. The lowest BCUT2D eigenvalue weighted by molar-refractivity contribution is -0.384. The molecule has 108 valence electrons. The Labute approximate surface area is 120 Å². The van der Waals surface area contributed by atoms with Crippen molar-refractivity contribution in [2.45, 2.75) is 13.5 Å². The second-order valence-electron chi connectivity index (χ2n) is 4.42. The summed E-state index contributed by atoms with van der Waals surface area (Å²) in [4.78, 5) is 25.5. The number of carbonyl (C=O) groups is 1. The predicted octanol–water partition coefficient (Wildman–Crippen LogP) is 2.61. The van der Waals surface area contributed by atoms with E-state index in [9.17, 15) is 14.9 Å². The average molecular weight is 287 g/mol. The minimum Gasteiger partial charge on any atom is -0.477 e. The van der Waals surface area contributed by atoms with Crippen molar-refractivity contribution in [1.82, 2.24) is 4.98 Å². The van der Waals surface area contributed by atoms with Gasteiger partial charge >= 0.3 is 11.7 Å². The number of rotatable bonds is 5. The molecule has 1 heterocycles. The molecule has 0 fully saturated rings. The number of nitrogens with zero attached hydrogens (tertiary/aromatic N) is 2. The van der Waals surface area contributed by atoms with E-state index in [1.54, 1.807) is 18.5 Å². The van der Waals surface area contributed by atoms with E-state index in [1.165, 1.54) is 18.2 Å². The van der Waals surface area contributed by atoms with Crippen LogP contribution in [-0.2, 0) is 6.54 Å². The summed E-state index contributed by atoms with van der Waals surface area (Å²) in [6.45, 7) is 2.23. The molecule has 1 aromatic carbocycles. The van der Waals surface area contributed by atoms with Gasteiger partial charge in [0, 0.05) is 18.9 Å². The highest BCUT2D eigenvalue weighted by atomic mass is 16.6. The second kappa shape index (κ2) is 6.00. The van der Waals surface area contributed by atoms with Crippen LogP contribution in [0.5, 0.6) is 0 Å². The lowest BCUT2D eigenvalue weighted by atomic mass is 10.1. The number of benzene rings is 1. The highest BCUT2D eigenvalue weighted by Crippen LogP contribution is 2.29. The van der Waals surface area contributed by atoms with Crippen molar-refractivity contribution in [3.8, 4) is 0 Å². The summed E-state index contributed by atoms with van der Waals surface area (Å²) in [7, 11) is 0. The number of carboxylic acid groups (broad SMARTS) is 1. The molecular formula is C14H13N3O4. The number of aryl methyl sites for hydroxylation is 1. The largest absolute Gasteiger partial charge is 0.477 e. The van der Waals surface area contributed by atoms with Crippen LogP contribution in [0.3, 0.4) is 0 Å². The minimum atomic E-state index is -1.33. The Balaban J connectivity index is 2.32. The fourth-order valence-corrected chi connectivity index (χ4v) is 1.95. The van der Waals surface area contributed by atoms with Gasteiger partial charge in [-0.25, -0.2) is 4.79 Å². The molecule has 0 aliphatic heterocycles. The molecule has 2 N–H and O–H groups in total. The smallest absolute Gasteiger partial charge is 0.342 e. The lowest BCUT2D eigenvalue weighted by Crippen LogP contribution is -2.08. The van der Waals surface area contributed by atoms with Crippen molar-refractivity contribution in [1.29, 1.82) is 0 Å². The van der Waals surface area contributed by atoms with Gasteiger partial charge in [-0.2, -0.15) is 0 Å². The first-order valence-corrected chi connectivity index (χ1v) is 6.14. The Morgan fingerprint density at radius 2 is 2.19 bits per heavy atom. The molecule has 21 heavy (non-hydrogen) atoms. The second-order valence-corrected chi connectivity index (χ2v) is 4.42. The number of hydrogen-bond donors (Lipinski definition) is 2. The van der Waals surface area contributed by atoms with E-state index in [0.29, 0.717) is 6.54 Å². The quantitative estimate of drug-likeness (QED) is 0.646. The van der Waals surface area contributed by atoms with E-state index in [0.717, 1.165) is 11.1 Å². The number of aromatic carboxylic acids is 1. The molecular weight excluding hydrogens is 274 g/mol. The van der Waals surface area contributed by atoms with Gasteiger partial charge < -0.3 is 10.4 Å². The Hall–Kier alpha value is -2.96. The van der Waals surface area contributed by atoms with Crippen LogP contribution in [0.15, 0.2) is 36.7 Å². The molecule has 0 spiro atoms. The van der Waals surface area contributed by atoms with Crippen molar-refractivity contribution in [2.75, 3.05) is 5.32 Å². The van der Waals surface area contributed by atoms with Crippen molar-refractivity contribution in [3.05, 3.63) is 63.5 Å². The van der Waals surface area contributed by atoms with Crippen LogP contribution < -0.4 is 5.32 Å². The van der Waals surface area contributed by atoms with E-state index in [-0.39, 0.29) is 11.3 Å². The van der Waals surface area contributed by atoms with Gasteiger partial charge in [0.1, 0.15) is 11.3 Å². The summed E-state index contributed by atoms with van der Waals surface area (Å²) in [5.74, 6) is -1.33. The van der Waals surface area contributed by atoms with Crippen LogP contribution in [-0.4, -0.2) is 21.0 Å². The molecule has 0 radical (unpaired) electrons. The molecule has 0 saturated carbocycles. The molecule has 0 bridgehead atoms. The zero-order chi connectivity index (χ0) is 15.4. The summed E-state index contributed by atoms with van der Waals surface area (Å²) in [6.07, 6.45) is 3.32. The highest BCUT2D eigenvalue weighted by molar-refractivity contribution is 5.95. The Morgan fingerprint density at radius 1 is 1.43 bits per heavy atom. The molecule has 0 amide bonds. The number of para-hydroxylation sites is 1. The van der Waals surface area contributed by atoms with Crippen LogP contribution in [0, 0.1) is 17.0 Å². The van der Waals surface area contributed by atoms with Crippen LogP contribution in [0.1, 0.15) is 21.5 Å². The minimum absolute atomic E-state index is 0.177. The number of nitrogens with one attached hydrogen (secondary N) is 1. The Bertz CT molecular complexity index is 700. The van der Waals surface area contributed by atoms with Gasteiger partial charge in [-0.15, -0.1) is 0 Å². The molecule has 0 atom stereocenters. The maximum Gasteiger partial charge on any atom is 0.342 e. The normalized spacial score (nSPS) is 10.1. The van der Waals surface area contributed by atoms with Gasteiger partial charge in [-0.1, -0.05) is 6.07 Å². The molecule has 0 aliphatic carbocycles. The number of nitro groups is 1. The third kappa shape index (κ3) is 3.14. The molecule has 0 saturated heterocycles. The first-order valence-electron chi connectivity index (χ1n) is 6.14. The van der Waals surface area contributed by atoms with E-state index in [2.05, 4.69) is 10.3 Å². The van der Waals surface area contributed by atoms with Gasteiger partial charge in [-0.05, 0) is 36.2 Å². The van der Waals surface area contributed by atoms with E-state index in [4.69, 9.17) is 5.11 Å². The van der Waals surface area contributed by atoms with Crippen molar-refractivity contribution in [2.24, 2.45) is 0 Å². The molecule has 7 nitrogen and oxygen atoms in total. The Kier molecular flexibility index (Phi) is 4.13. The highest BCUT2D eigenvalue weighted by Gasteiger charge is 2.23. The maximum atomic E-state index is 11.1. The van der Waals surface area contributed by atoms with E-state index in [1.807, 2.05) is 6.92 Å². The number of carboxylic acids is 1. The zero-order valence-electron chi connectivity index (χ0n) is 11.2. The van der Waals surface area contributed by atoms with E-state index < -0.39 is 16.6 Å². The first kappa shape index (κ1) is 14.4. The fourth-order valence-electron chi connectivity index (χ4n) is 1.95.